The normalized spacial score (nSPS) is 22.5. The summed E-state index contributed by atoms with van der Waals surface area (Å²) in [5.41, 5.74) is 6.70. The van der Waals surface area contributed by atoms with Gasteiger partial charge in [0.2, 0.25) is 0 Å². The van der Waals surface area contributed by atoms with E-state index in [0.29, 0.717) is 10.2 Å². The van der Waals surface area contributed by atoms with Gasteiger partial charge in [0, 0.05) is 4.83 Å². The fourth-order valence-corrected chi connectivity index (χ4v) is 5.66. The van der Waals surface area contributed by atoms with Crippen LogP contribution in [0.2, 0.25) is 0 Å². The zero-order chi connectivity index (χ0) is 15.6. The Labute approximate surface area is 139 Å². The van der Waals surface area contributed by atoms with E-state index in [1.807, 2.05) is 0 Å². The van der Waals surface area contributed by atoms with Gasteiger partial charge in [-0.1, -0.05) is 69.1 Å². The van der Waals surface area contributed by atoms with Gasteiger partial charge in [-0.25, -0.2) is 0 Å². The van der Waals surface area contributed by atoms with Crippen LogP contribution in [0.15, 0.2) is 12.1 Å². The second-order valence-corrected chi connectivity index (χ2v) is 8.26. The summed E-state index contributed by atoms with van der Waals surface area (Å²) in [6.07, 6.45) is 7.55. The van der Waals surface area contributed by atoms with Crippen LogP contribution in [-0.4, -0.2) is 0 Å². The summed E-state index contributed by atoms with van der Waals surface area (Å²) in [7, 11) is 0. The Hall–Kier alpha value is -0.300. The average Bonchev–Trinajstić information content (AvgIpc) is 2.84. The van der Waals surface area contributed by atoms with Crippen molar-refractivity contribution in [2.45, 2.75) is 78.0 Å². The molecular weight excluding hydrogens is 320 g/mol. The molecule has 1 aromatic rings. The molecule has 0 bridgehead atoms. The van der Waals surface area contributed by atoms with Crippen LogP contribution >= 0.6 is 15.9 Å². The highest BCUT2D eigenvalue weighted by atomic mass is 79.9. The predicted molar refractivity (Wildman–Crippen MR) is 97.4 cm³/mol. The van der Waals surface area contributed by atoms with Crippen molar-refractivity contribution in [1.82, 2.24) is 0 Å². The van der Waals surface area contributed by atoms with Crippen LogP contribution in [-0.2, 0) is 19.3 Å². The van der Waals surface area contributed by atoms with Crippen molar-refractivity contribution in [3.8, 4) is 0 Å². The molecule has 1 saturated carbocycles. The topological polar surface area (TPSA) is 0 Å². The van der Waals surface area contributed by atoms with Gasteiger partial charge >= 0.3 is 0 Å². The van der Waals surface area contributed by atoms with Crippen molar-refractivity contribution in [3.63, 3.8) is 0 Å². The second-order valence-electron chi connectivity index (χ2n) is 7.28. The summed E-state index contributed by atoms with van der Waals surface area (Å²) in [4.78, 5) is 0.519. The van der Waals surface area contributed by atoms with Crippen LogP contribution in [0.5, 0.6) is 0 Å². The van der Waals surface area contributed by atoms with Crippen molar-refractivity contribution in [1.29, 1.82) is 0 Å². The maximum Gasteiger partial charge on any atom is 0.0434 e. The van der Waals surface area contributed by atoms with E-state index >= 15 is 0 Å². The molecule has 0 N–H and O–H groups in total. The minimum absolute atomic E-state index is 0.466. The van der Waals surface area contributed by atoms with E-state index < -0.39 is 0 Å². The van der Waals surface area contributed by atoms with Crippen LogP contribution in [0.3, 0.4) is 0 Å². The maximum absolute atomic E-state index is 4.12. The Morgan fingerprint density at radius 2 is 1.67 bits per heavy atom. The van der Waals surface area contributed by atoms with Crippen molar-refractivity contribution < 1.29 is 0 Å². The Morgan fingerprint density at radius 1 is 1.10 bits per heavy atom. The summed E-state index contributed by atoms with van der Waals surface area (Å²) >= 11 is 4.12. The molecule has 2 atom stereocenters. The number of benzene rings is 1. The van der Waals surface area contributed by atoms with Crippen molar-refractivity contribution in [2.24, 2.45) is 11.3 Å². The minimum Gasteiger partial charge on any atom is -0.0835 e. The molecular formula is C20H31Br. The summed E-state index contributed by atoms with van der Waals surface area (Å²) < 4.78 is 0. The van der Waals surface area contributed by atoms with Crippen molar-refractivity contribution in [3.05, 3.63) is 34.4 Å². The first kappa shape index (κ1) is 17.1. The lowest BCUT2D eigenvalue weighted by atomic mass is 9.76. The molecule has 1 heteroatoms. The van der Waals surface area contributed by atoms with Crippen LogP contribution in [0.4, 0.5) is 0 Å². The van der Waals surface area contributed by atoms with Gasteiger partial charge in [-0.05, 0) is 65.7 Å². The lowest BCUT2D eigenvalue weighted by molar-refractivity contribution is 0.256. The number of aryl methyl sites for hydroxylation is 3. The van der Waals surface area contributed by atoms with Gasteiger partial charge in [0.1, 0.15) is 0 Å². The molecule has 2 rings (SSSR count). The molecule has 1 fully saturated rings. The molecule has 0 aromatic heterocycles. The second kappa shape index (κ2) is 6.86. The number of halogens is 1. The quantitative estimate of drug-likeness (QED) is 0.522. The largest absolute Gasteiger partial charge is 0.0835 e. The summed E-state index contributed by atoms with van der Waals surface area (Å²) in [5, 5.41) is 0. The van der Waals surface area contributed by atoms with E-state index in [1.165, 1.54) is 24.8 Å². The predicted octanol–water partition coefficient (Wildman–Crippen LogP) is 6.64. The van der Waals surface area contributed by atoms with Gasteiger partial charge in [0.15, 0.2) is 0 Å². The number of hydrogen-bond donors (Lipinski definition) is 0. The molecule has 0 nitrogen and oxygen atoms in total. The van der Waals surface area contributed by atoms with Crippen molar-refractivity contribution >= 4 is 15.9 Å². The van der Waals surface area contributed by atoms with Gasteiger partial charge in [0.25, 0.3) is 0 Å². The Balaban J connectivity index is 2.46. The molecule has 0 heterocycles. The van der Waals surface area contributed by atoms with E-state index in [9.17, 15) is 0 Å². The molecule has 1 aromatic carbocycles. The summed E-state index contributed by atoms with van der Waals surface area (Å²) in [6.45, 7) is 11.8. The molecule has 21 heavy (non-hydrogen) atoms. The van der Waals surface area contributed by atoms with Crippen LogP contribution < -0.4 is 0 Å². The Morgan fingerprint density at radius 3 is 2.05 bits per heavy atom. The van der Waals surface area contributed by atoms with Gasteiger partial charge < -0.3 is 0 Å². The van der Waals surface area contributed by atoms with Gasteiger partial charge in [-0.3, -0.25) is 0 Å². The molecule has 0 saturated heterocycles. The third-order valence-corrected chi connectivity index (χ3v) is 6.65. The van der Waals surface area contributed by atoms with E-state index in [0.717, 1.165) is 25.2 Å². The average molecular weight is 351 g/mol. The van der Waals surface area contributed by atoms with Gasteiger partial charge in [-0.2, -0.15) is 0 Å². The number of hydrogen-bond acceptors (Lipinski definition) is 0. The molecule has 0 aliphatic heterocycles. The zero-order valence-corrected chi connectivity index (χ0v) is 16.0. The molecule has 2 unspecified atom stereocenters. The first-order valence-electron chi connectivity index (χ1n) is 8.73. The standard InChI is InChI=1S/C20H31Br/c1-6-14-12-15(7-2)18(16(8-3)13-14)19(21)17-10-9-11-20(17,4)5/h12-13,17,19H,6-11H2,1-5H3. The summed E-state index contributed by atoms with van der Waals surface area (Å²) in [5.74, 6) is 0.764. The Kier molecular flexibility index (Phi) is 5.57. The first-order chi connectivity index (χ1) is 9.94. The lowest BCUT2D eigenvalue weighted by Crippen LogP contribution is -2.23. The molecule has 1 aliphatic carbocycles. The molecule has 0 radical (unpaired) electrons. The lowest BCUT2D eigenvalue weighted by Gasteiger charge is -2.33. The molecule has 1 aliphatic rings. The third-order valence-electron chi connectivity index (χ3n) is 5.55. The SMILES string of the molecule is CCc1cc(CC)c(C(Br)C2CCCC2(C)C)c(CC)c1. The van der Waals surface area contributed by atoms with Crippen LogP contribution in [0, 0.1) is 11.3 Å². The highest BCUT2D eigenvalue weighted by molar-refractivity contribution is 9.09. The van der Waals surface area contributed by atoms with Gasteiger partial charge in [0.05, 0.1) is 0 Å². The van der Waals surface area contributed by atoms with E-state index in [2.05, 4.69) is 62.7 Å². The smallest absolute Gasteiger partial charge is 0.0434 e. The minimum atomic E-state index is 0.466. The first-order valence-corrected chi connectivity index (χ1v) is 9.64. The molecule has 0 spiro atoms. The van der Waals surface area contributed by atoms with Crippen LogP contribution in [0.1, 0.15) is 81.0 Å². The molecule has 0 amide bonds. The number of rotatable bonds is 5. The molecule has 118 valence electrons. The van der Waals surface area contributed by atoms with Crippen molar-refractivity contribution in [2.75, 3.05) is 0 Å². The van der Waals surface area contributed by atoms with Gasteiger partial charge in [-0.15, -0.1) is 0 Å². The fourth-order valence-electron chi connectivity index (χ4n) is 4.09. The van der Waals surface area contributed by atoms with E-state index in [-0.39, 0.29) is 0 Å². The maximum atomic E-state index is 4.12. The summed E-state index contributed by atoms with van der Waals surface area (Å²) in [6, 6.07) is 4.90. The van der Waals surface area contributed by atoms with E-state index in [1.54, 1.807) is 16.7 Å². The van der Waals surface area contributed by atoms with Crippen LogP contribution in [0.25, 0.3) is 0 Å². The highest BCUT2D eigenvalue weighted by Gasteiger charge is 2.40. The fraction of sp³-hybridized carbons (Fsp3) is 0.700. The monoisotopic (exact) mass is 350 g/mol. The highest BCUT2D eigenvalue weighted by Crippen LogP contribution is 2.53. The Bertz CT molecular complexity index is 462. The zero-order valence-electron chi connectivity index (χ0n) is 14.4. The third kappa shape index (κ3) is 3.38. The van der Waals surface area contributed by atoms with E-state index in [4.69, 9.17) is 0 Å². The number of alkyl halides is 1.